The molecule has 4 aromatic rings. The normalized spacial score (nSPS) is 24.1. The van der Waals surface area contributed by atoms with E-state index in [9.17, 15) is 14.3 Å². The molecule has 2 bridgehead atoms. The van der Waals surface area contributed by atoms with Crippen molar-refractivity contribution in [1.82, 2.24) is 19.9 Å². The molecule has 1 atom stereocenters. The minimum Gasteiger partial charge on any atom is -0.390 e. The monoisotopic (exact) mass is 502 g/mol. The molecule has 1 unspecified atom stereocenters. The smallest absolute Gasteiger partial charge is 0.255 e. The number of aromatic nitrogens is 3. The predicted molar refractivity (Wildman–Crippen MR) is 140 cm³/mol. The molecular formula is C29H31FN4O3. The topological polar surface area (TPSA) is 89.3 Å². The zero-order chi connectivity index (χ0) is 25.8. The van der Waals surface area contributed by atoms with Crippen LogP contribution in [0.5, 0.6) is 0 Å². The lowest BCUT2D eigenvalue weighted by atomic mass is 9.68. The van der Waals surface area contributed by atoms with Crippen LogP contribution >= 0.6 is 0 Å². The minimum atomic E-state index is -0.860. The molecule has 0 amide bonds. The number of ether oxygens (including phenoxy) is 1. The Morgan fingerprint density at radius 2 is 1.97 bits per heavy atom. The van der Waals surface area contributed by atoms with Gasteiger partial charge in [0, 0.05) is 42.4 Å². The maximum atomic E-state index is 14.8. The van der Waals surface area contributed by atoms with Crippen molar-refractivity contribution in [1.29, 1.82) is 0 Å². The Hall–Kier alpha value is -3.20. The van der Waals surface area contributed by atoms with Gasteiger partial charge < -0.3 is 19.7 Å². The second-order valence-corrected chi connectivity index (χ2v) is 10.7. The summed E-state index contributed by atoms with van der Waals surface area (Å²) in [5.74, 6) is -0.458. The summed E-state index contributed by atoms with van der Waals surface area (Å²) in [4.78, 5) is 21.6. The molecule has 0 radical (unpaired) electrons. The fourth-order valence-electron chi connectivity index (χ4n) is 6.04. The van der Waals surface area contributed by atoms with E-state index in [0.717, 1.165) is 35.0 Å². The van der Waals surface area contributed by atoms with Crippen molar-refractivity contribution in [2.24, 2.45) is 7.05 Å². The largest absolute Gasteiger partial charge is 0.390 e. The number of pyridine rings is 3. The van der Waals surface area contributed by atoms with E-state index >= 15 is 0 Å². The second kappa shape index (κ2) is 8.97. The third kappa shape index (κ3) is 4.13. The van der Waals surface area contributed by atoms with Crippen molar-refractivity contribution in [2.75, 3.05) is 6.61 Å². The molecule has 2 saturated heterocycles. The van der Waals surface area contributed by atoms with Gasteiger partial charge in [0.15, 0.2) is 0 Å². The van der Waals surface area contributed by atoms with Gasteiger partial charge in [-0.1, -0.05) is 18.2 Å². The van der Waals surface area contributed by atoms with Gasteiger partial charge in [-0.3, -0.25) is 14.8 Å². The van der Waals surface area contributed by atoms with Crippen LogP contribution in [0.1, 0.15) is 42.5 Å². The van der Waals surface area contributed by atoms with Crippen LogP contribution in [0.4, 0.5) is 4.39 Å². The molecule has 3 aliphatic rings. The molecule has 3 aromatic heterocycles. The molecule has 7 rings (SSSR count). The van der Waals surface area contributed by atoms with Gasteiger partial charge in [0.2, 0.25) is 0 Å². The van der Waals surface area contributed by atoms with E-state index in [0.29, 0.717) is 42.6 Å². The number of hydrogen-bond acceptors (Lipinski definition) is 6. The maximum absolute atomic E-state index is 14.8. The highest BCUT2D eigenvalue weighted by Crippen LogP contribution is 2.46. The second-order valence-electron chi connectivity index (χ2n) is 10.7. The number of fused-ring (bicyclic) bond motifs is 5. The molecular weight excluding hydrogens is 471 g/mol. The number of halogens is 1. The Bertz CT molecular complexity index is 1540. The minimum absolute atomic E-state index is 0.00430. The van der Waals surface area contributed by atoms with Gasteiger partial charge in [0.05, 0.1) is 41.1 Å². The van der Waals surface area contributed by atoms with Crippen molar-refractivity contribution >= 4 is 21.9 Å². The number of benzene rings is 1. The lowest BCUT2D eigenvalue weighted by molar-refractivity contribution is -0.208. The van der Waals surface area contributed by atoms with Gasteiger partial charge in [0.1, 0.15) is 5.82 Å². The van der Waals surface area contributed by atoms with Crippen molar-refractivity contribution in [2.45, 2.75) is 62.8 Å². The van der Waals surface area contributed by atoms with E-state index in [-0.39, 0.29) is 17.5 Å². The van der Waals surface area contributed by atoms with Crippen LogP contribution in [0, 0.1) is 12.7 Å². The Morgan fingerprint density at radius 1 is 1.19 bits per heavy atom. The van der Waals surface area contributed by atoms with E-state index in [4.69, 9.17) is 4.74 Å². The summed E-state index contributed by atoms with van der Waals surface area (Å²) in [5.41, 5.74) is 2.94. The van der Waals surface area contributed by atoms with Crippen LogP contribution in [-0.4, -0.2) is 43.5 Å². The number of aliphatic hydroxyl groups excluding tert-OH is 1. The van der Waals surface area contributed by atoms with Crippen molar-refractivity contribution < 1.29 is 14.2 Å². The number of para-hydroxylation sites is 1. The summed E-state index contributed by atoms with van der Waals surface area (Å²) in [6, 6.07) is 13.5. The van der Waals surface area contributed by atoms with Gasteiger partial charge in [-0.2, -0.15) is 0 Å². The first-order valence-corrected chi connectivity index (χ1v) is 12.8. The van der Waals surface area contributed by atoms with Gasteiger partial charge >= 0.3 is 0 Å². The number of aliphatic hydroxyl groups is 1. The summed E-state index contributed by atoms with van der Waals surface area (Å²) >= 11 is 0. The Morgan fingerprint density at radius 3 is 2.73 bits per heavy atom. The first-order valence-electron chi connectivity index (χ1n) is 12.8. The summed E-state index contributed by atoms with van der Waals surface area (Å²) in [5, 5.41) is 16.0. The number of rotatable bonds is 6. The first-order chi connectivity index (χ1) is 17.8. The van der Waals surface area contributed by atoms with Crippen LogP contribution in [-0.2, 0) is 24.8 Å². The zero-order valence-corrected chi connectivity index (χ0v) is 21.1. The molecule has 5 heterocycles. The standard InChI is InChI=1S/C29H31FN4O3/c1-18-7-8-23-26(33-18)21(22(30)16-31-23)14-25(35)29-11-9-28(10-12-29,17-37-29)32-15-20-13-19-5-3-4-6-24(19)34(2)27(20)36/h3-8,13,16,25,32,35H,9-12,14-15,17H2,1-2H3. The summed E-state index contributed by atoms with van der Waals surface area (Å²) in [6.45, 7) is 2.75. The third-order valence-corrected chi connectivity index (χ3v) is 8.46. The highest BCUT2D eigenvalue weighted by atomic mass is 19.1. The lowest BCUT2D eigenvalue weighted by Gasteiger charge is -2.55. The average Bonchev–Trinajstić information content (AvgIpc) is 2.92. The van der Waals surface area contributed by atoms with Crippen molar-refractivity contribution in [3.8, 4) is 0 Å². The van der Waals surface area contributed by atoms with E-state index < -0.39 is 17.5 Å². The van der Waals surface area contributed by atoms with E-state index in [2.05, 4.69) is 15.3 Å². The fraction of sp³-hybridized carbons (Fsp3) is 0.414. The molecule has 3 fully saturated rings. The quantitative estimate of drug-likeness (QED) is 0.418. The maximum Gasteiger partial charge on any atom is 0.255 e. The molecule has 0 spiro atoms. The van der Waals surface area contributed by atoms with Gasteiger partial charge in [-0.25, -0.2) is 4.39 Å². The molecule has 7 nitrogen and oxygen atoms in total. The molecule has 1 saturated carbocycles. The highest BCUT2D eigenvalue weighted by Gasteiger charge is 2.53. The molecule has 2 aliphatic heterocycles. The summed E-state index contributed by atoms with van der Waals surface area (Å²) < 4.78 is 22.8. The first kappa shape index (κ1) is 24.2. The average molecular weight is 503 g/mol. The third-order valence-electron chi connectivity index (χ3n) is 8.46. The number of hydrogen-bond donors (Lipinski definition) is 2. The van der Waals surface area contributed by atoms with Crippen LogP contribution in [0.3, 0.4) is 0 Å². The number of nitrogens with one attached hydrogen (secondary N) is 1. The Kier molecular flexibility index (Phi) is 5.86. The molecule has 8 heteroatoms. The van der Waals surface area contributed by atoms with Crippen LogP contribution in [0.2, 0.25) is 0 Å². The highest BCUT2D eigenvalue weighted by molar-refractivity contribution is 5.79. The van der Waals surface area contributed by atoms with Gasteiger partial charge in [0.25, 0.3) is 5.56 Å². The molecule has 1 aromatic carbocycles. The van der Waals surface area contributed by atoms with E-state index in [1.54, 1.807) is 11.6 Å². The Labute approximate surface area is 214 Å². The van der Waals surface area contributed by atoms with Crippen LogP contribution in [0.15, 0.2) is 53.5 Å². The summed E-state index contributed by atoms with van der Waals surface area (Å²) in [6.07, 6.45) is 3.41. The SMILES string of the molecule is Cc1ccc2ncc(F)c(CC(O)C34CCC(NCc5cc6ccccc6n(C)c5=O)(CC3)CO4)c2n1. The molecule has 2 N–H and O–H groups in total. The van der Waals surface area contributed by atoms with E-state index in [1.165, 1.54) is 6.20 Å². The zero-order valence-electron chi connectivity index (χ0n) is 21.1. The Balaban J connectivity index is 1.17. The van der Waals surface area contributed by atoms with Crippen molar-refractivity contribution in [3.63, 3.8) is 0 Å². The lowest BCUT2D eigenvalue weighted by Crippen LogP contribution is -2.65. The molecule has 37 heavy (non-hydrogen) atoms. The van der Waals surface area contributed by atoms with E-state index in [1.807, 2.05) is 49.4 Å². The van der Waals surface area contributed by atoms with Crippen LogP contribution < -0.4 is 10.9 Å². The summed E-state index contributed by atoms with van der Waals surface area (Å²) in [7, 11) is 1.80. The molecule has 1 aliphatic carbocycles. The van der Waals surface area contributed by atoms with Crippen molar-refractivity contribution in [3.05, 3.63) is 81.7 Å². The predicted octanol–water partition coefficient (Wildman–Crippen LogP) is 3.70. The van der Waals surface area contributed by atoms with Gasteiger partial charge in [-0.05, 0) is 62.3 Å². The van der Waals surface area contributed by atoms with Gasteiger partial charge in [-0.15, -0.1) is 0 Å². The van der Waals surface area contributed by atoms with Crippen LogP contribution in [0.25, 0.3) is 21.9 Å². The number of nitrogens with zero attached hydrogens (tertiary/aromatic N) is 3. The molecule has 192 valence electrons. The number of aryl methyl sites for hydroxylation is 2. The fourth-order valence-corrected chi connectivity index (χ4v) is 6.04.